The van der Waals surface area contributed by atoms with E-state index in [9.17, 15) is 9.59 Å². The van der Waals surface area contributed by atoms with Gasteiger partial charge in [-0.05, 0) is 49.6 Å². The van der Waals surface area contributed by atoms with E-state index in [0.29, 0.717) is 28.0 Å². The molecule has 11 heteroatoms. The molecule has 3 aromatic rings. The van der Waals surface area contributed by atoms with Crippen molar-refractivity contribution >= 4 is 63.9 Å². The minimum atomic E-state index is -0.239. The van der Waals surface area contributed by atoms with Crippen molar-refractivity contribution in [1.29, 1.82) is 0 Å². The van der Waals surface area contributed by atoms with Gasteiger partial charge in [-0.15, -0.1) is 11.3 Å². The highest BCUT2D eigenvalue weighted by Gasteiger charge is 2.21. The third kappa shape index (κ3) is 8.35. The summed E-state index contributed by atoms with van der Waals surface area (Å²) in [6.07, 6.45) is 1.83. The van der Waals surface area contributed by atoms with Gasteiger partial charge in [0.25, 0.3) is 0 Å². The highest BCUT2D eigenvalue weighted by Crippen LogP contribution is 2.29. The van der Waals surface area contributed by atoms with Crippen molar-refractivity contribution in [2.75, 3.05) is 30.7 Å². The number of nitrogens with one attached hydrogen (secondary N) is 3. The minimum Gasteiger partial charge on any atom is -0.353 e. The molecule has 3 amide bonds. The number of hydrogen-bond acceptors (Lipinski definition) is 6. The second kappa shape index (κ2) is 13.5. The van der Waals surface area contributed by atoms with Crippen LogP contribution in [0.1, 0.15) is 25.3 Å². The first kappa shape index (κ1) is 27.7. The maximum absolute atomic E-state index is 12.6. The lowest BCUT2D eigenvalue weighted by molar-refractivity contribution is -0.119. The molecule has 0 radical (unpaired) electrons. The number of likely N-dealkylation sites (tertiary alicyclic amines) is 1. The van der Waals surface area contributed by atoms with Gasteiger partial charge in [0.05, 0.1) is 21.5 Å². The fourth-order valence-electron chi connectivity index (χ4n) is 4.08. The van der Waals surface area contributed by atoms with Gasteiger partial charge >= 0.3 is 6.03 Å². The van der Waals surface area contributed by atoms with Crippen molar-refractivity contribution in [2.45, 2.75) is 36.7 Å². The van der Waals surface area contributed by atoms with Crippen molar-refractivity contribution in [2.24, 2.45) is 0 Å². The lowest BCUT2D eigenvalue weighted by atomic mass is 10.0. The van der Waals surface area contributed by atoms with Crippen molar-refractivity contribution < 1.29 is 9.59 Å². The van der Waals surface area contributed by atoms with Gasteiger partial charge in [-0.1, -0.05) is 53.2 Å². The number of piperidine rings is 1. The molecule has 0 spiro atoms. The third-order valence-corrected chi connectivity index (χ3v) is 8.67. The summed E-state index contributed by atoms with van der Waals surface area (Å²) in [5.74, 6) is 0.354. The van der Waals surface area contributed by atoms with E-state index in [-0.39, 0.29) is 18.0 Å². The van der Waals surface area contributed by atoms with Gasteiger partial charge in [-0.3, -0.25) is 9.69 Å². The number of thioether (sulfide) groups is 1. The number of halogens is 2. The molecule has 0 unspecified atom stereocenters. The van der Waals surface area contributed by atoms with Gasteiger partial charge in [0.1, 0.15) is 0 Å². The molecule has 0 saturated carbocycles. The number of urea groups is 1. The average Bonchev–Trinajstić information content (AvgIpc) is 3.36. The summed E-state index contributed by atoms with van der Waals surface area (Å²) >= 11 is 15.1. The maximum Gasteiger partial charge on any atom is 0.319 e. The van der Waals surface area contributed by atoms with Crippen LogP contribution in [0.3, 0.4) is 0 Å². The SMILES string of the molecule is CCNC(=O)Nc1cccc(-c2csc(SCC(=O)NC3CCN(Cc4ccc(Cl)c(Cl)c4)CC3)n2)c1. The molecule has 0 aliphatic carbocycles. The molecule has 3 N–H and O–H groups in total. The highest BCUT2D eigenvalue weighted by atomic mass is 35.5. The van der Waals surface area contributed by atoms with Crippen LogP contribution in [0.4, 0.5) is 10.5 Å². The Morgan fingerprint density at radius 1 is 1.14 bits per heavy atom. The molecule has 7 nitrogen and oxygen atoms in total. The number of rotatable bonds is 9. The molecule has 1 saturated heterocycles. The van der Waals surface area contributed by atoms with Crippen molar-refractivity contribution in [1.82, 2.24) is 20.5 Å². The molecule has 2 heterocycles. The fraction of sp³-hybridized carbons (Fsp3) is 0.346. The molecule has 1 aliphatic rings. The summed E-state index contributed by atoms with van der Waals surface area (Å²) in [6, 6.07) is 13.3. The van der Waals surface area contributed by atoms with Crippen LogP contribution in [0.15, 0.2) is 52.2 Å². The Hall–Kier alpha value is -2.30. The summed E-state index contributed by atoms with van der Waals surface area (Å²) in [7, 11) is 0. The monoisotopic (exact) mass is 577 g/mol. The van der Waals surface area contributed by atoms with Crippen LogP contribution >= 0.6 is 46.3 Å². The predicted molar refractivity (Wildman–Crippen MR) is 154 cm³/mol. The van der Waals surface area contributed by atoms with Gasteiger partial charge in [0, 0.05) is 48.9 Å². The van der Waals surface area contributed by atoms with Gasteiger partial charge < -0.3 is 16.0 Å². The number of anilines is 1. The lowest BCUT2D eigenvalue weighted by Crippen LogP contribution is -2.44. The first-order chi connectivity index (χ1) is 17.9. The van der Waals surface area contributed by atoms with E-state index in [0.717, 1.165) is 53.6 Å². The van der Waals surface area contributed by atoms with Crippen LogP contribution in [-0.2, 0) is 11.3 Å². The summed E-state index contributed by atoms with van der Waals surface area (Å²) in [4.78, 5) is 31.4. The minimum absolute atomic E-state index is 0.0258. The zero-order chi connectivity index (χ0) is 26.2. The van der Waals surface area contributed by atoms with E-state index >= 15 is 0 Å². The number of thiazole rings is 1. The van der Waals surface area contributed by atoms with Gasteiger partial charge in [0.15, 0.2) is 4.34 Å². The number of nitrogens with zero attached hydrogens (tertiary/aromatic N) is 2. The van der Waals surface area contributed by atoms with Gasteiger partial charge in [-0.25, -0.2) is 9.78 Å². The number of amides is 3. The Kier molecular flexibility index (Phi) is 10.1. The summed E-state index contributed by atoms with van der Waals surface area (Å²) in [5.41, 5.74) is 3.57. The summed E-state index contributed by atoms with van der Waals surface area (Å²) in [5, 5.41) is 11.8. The number of hydrogen-bond donors (Lipinski definition) is 3. The van der Waals surface area contributed by atoms with E-state index in [2.05, 4.69) is 25.8 Å². The average molecular weight is 579 g/mol. The Morgan fingerprint density at radius 2 is 1.95 bits per heavy atom. The van der Waals surface area contributed by atoms with Crippen LogP contribution in [0.5, 0.6) is 0 Å². The van der Waals surface area contributed by atoms with E-state index in [1.54, 1.807) is 0 Å². The predicted octanol–water partition coefficient (Wildman–Crippen LogP) is 6.13. The molecule has 37 heavy (non-hydrogen) atoms. The van der Waals surface area contributed by atoms with Crippen LogP contribution in [0.2, 0.25) is 10.0 Å². The standard InChI is InChI=1S/C26H29Cl2N5O2S2/c1-2-29-25(35)31-20-5-3-4-18(13-20)23-15-36-26(32-23)37-16-24(34)30-19-8-10-33(11-9-19)14-17-6-7-21(27)22(28)12-17/h3-7,12-13,15,19H,2,8-11,14,16H2,1H3,(H,30,34)(H2,29,31,35). The van der Waals surface area contributed by atoms with Crippen molar-refractivity contribution in [3.63, 3.8) is 0 Å². The molecular weight excluding hydrogens is 549 g/mol. The summed E-state index contributed by atoms with van der Waals surface area (Å²) in [6.45, 7) is 5.09. The normalized spacial score (nSPS) is 14.4. The Balaban J connectivity index is 1.20. The van der Waals surface area contributed by atoms with E-state index < -0.39 is 0 Å². The van der Waals surface area contributed by atoms with Crippen LogP contribution in [0, 0.1) is 0 Å². The Bertz CT molecular complexity index is 1230. The van der Waals surface area contributed by atoms with E-state index in [4.69, 9.17) is 23.2 Å². The molecule has 4 rings (SSSR count). The van der Waals surface area contributed by atoms with Crippen LogP contribution < -0.4 is 16.0 Å². The van der Waals surface area contributed by atoms with E-state index in [1.807, 2.05) is 54.8 Å². The lowest BCUT2D eigenvalue weighted by Gasteiger charge is -2.32. The quantitative estimate of drug-likeness (QED) is 0.266. The number of benzene rings is 2. The Labute approximate surface area is 235 Å². The number of aromatic nitrogens is 1. The smallest absolute Gasteiger partial charge is 0.319 e. The largest absolute Gasteiger partial charge is 0.353 e. The highest BCUT2D eigenvalue weighted by molar-refractivity contribution is 8.01. The van der Waals surface area contributed by atoms with Crippen molar-refractivity contribution in [3.05, 3.63) is 63.5 Å². The van der Waals surface area contributed by atoms with E-state index in [1.165, 1.54) is 23.1 Å². The van der Waals surface area contributed by atoms with Crippen LogP contribution in [0.25, 0.3) is 11.3 Å². The maximum atomic E-state index is 12.6. The first-order valence-electron chi connectivity index (χ1n) is 12.1. The van der Waals surface area contributed by atoms with Gasteiger partial charge in [0.2, 0.25) is 5.91 Å². The topological polar surface area (TPSA) is 86.4 Å². The fourth-order valence-corrected chi connectivity index (χ4v) is 6.04. The van der Waals surface area contributed by atoms with Gasteiger partial charge in [-0.2, -0.15) is 0 Å². The second-order valence-electron chi connectivity index (χ2n) is 8.72. The zero-order valence-electron chi connectivity index (χ0n) is 20.4. The molecule has 0 bridgehead atoms. The van der Waals surface area contributed by atoms with Crippen molar-refractivity contribution in [3.8, 4) is 11.3 Å². The summed E-state index contributed by atoms with van der Waals surface area (Å²) < 4.78 is 0.837. The second-order valence-corrected chi connectivity index (χ2v) is 11.6. The molecule has 1 fully saturated rings. The van der Waals surface area contributed by atoms with Crippen LogP contribution in [-0.4, -0.2) is 53.3 Å². The number of carbonyl (C=O) groups is 2. The first-order valence-corrected chi connectivity index (χ1v) is 14.7. The molecule has 2 aromatic carbocycles. The molecule has 196 valence electrons. The molecule has 0 atom stereocenters. The Morgan fingerprint density at radius 3 is 2.70 bits per heavy atom. The zero-order valence-corrected chi connectivity index (χ0v) is 23.6. The molecule has 1 aromatic heterocycles. The molecular formula is C26H29Cl2N5O2S2. The third-order valence-electron chi connectivity index (χ3n) is 5.91. The molecule has 1 aliphatic heterocycles. The number of carbonyl (C=O) groups excluding carboxylic acids is 2.